The molecule has 2 N–H and O–H groups in total. The number of rotatable bonds is 5. The fraction of sp³-hybridized carbons (Fsp3) is 0.118. The van der Waals surface area contributed by atoms with Crippen molar-refractivity contribution in [2.75, 3.05) is 0 Å². The van der Waals surface area contributed by atoms with Crippen molar-refractivity contribution in [3.8, 4) is 6.07 Å². The van der Waals surface area contributed by atoms with Gasteiger partial charge in [-0.2, -0.15) is 5.26 Å². The second-order valence-electron chi connectivity index (χ2n) is 5.04. The molecular weight excluding hydrogens is 440 g/mol. The molecule has 1 atom stereocenters. The molecule has 0 aromatic heterocycles. The summed E-state index contributed by atoms with van der Waals surface area (Å²) >= 11 is 6.58. The number of hydrogen-bond acceptors (Lipinski definition) is 3. The lowest BCUT2D eigenvalue weighted by molar-refractivity contribution is -0.139. The Labute approximate surface area is 155 Å². The van der Waals surface area contributed by atoms with Gasteiger partial charge < -0.3 is 10.4 Å². The van der Waals surface area contributed by atoms with E-state index in [9.17, 15) is 14.7 Å². The number of halogens is 2. The number of nitrogens with one attached hydrogen (secondary N) is 1. The number of nitrogens with zero attached hydrogens (tertiary/aromatic N) is 1. The summed E-state index contributed by atoms with van der Waals surface area (Å²) < 4.78 is 1.42. The number of carbonyl (C=O) groups excluding carboxylic acids is 1. The molecule has 0 saturated heterocycles. The highest BCUT2D eigenvalue weighted by atomic mass is 79.9. The van der Waals surface area contributed by atoms with Crippen LogP contribution in [0.15, 0.2) is 51.4 Å². The summed E-state index contributed by atoms with van der Waals surface area (Å²) in [5.74, 6) is -1.60. The molecule has 7 heteroatoms. The quantitative estimate of drug-likeness (QED) is 0.727. The third kappa shape index (κ3) is 4.91. The number of aliphatic carboxylic acids is 1. The van der Waals surface area contributed by atoms with Gasteiger partial charge in [0.05, 0.1) is 11.6 Å². The van der Waals surface area contributed by atoms with E-state index in [4.69, 9.17) is 5.26 Å². The van der Waals surface area contributed by atoms with E-state index in [0.717, 1.165) is 5.56 Å². The molecule has 0 fully saturated rings. The minimum absolute atomic E-state index is 0.127. The van der Waals surface area contributed by atoms with Gasteiger partial charge in [-0.15, -0.1) is 0 Å². The minimum Gasteiger partial charge on any atom is -0.480 e. The molecule has 122 valence electrons. The first-order valence-electron chi connectivity index (χ1n) is 6.88. The third-order valence-corrected chi connectivity index (χ3v) is 4.17. The summed E-state index contributed by atoms with van der Waals surface area (Å²) in [4.78, 5) is 23.7. The van der Waals surface area contributed by atoms with Crippen molar-refractivity contribution in [3.05, 3.63) is 68.1 Å². The Morgan fingerprint density at radius 3 is 2.21 bits per heavy atom. The minimum atomic E-state index is -1.12. The normalized spacial score (nSPS) is 11.4. The largest absolute Gasteiger partial charge is 0.480 e. The van der Waals surface area contributed by atoms with E-state index in [0.29, 0.717) is 20.1 Å². The fourth-order valence-corrected chi connectivity index (χ4v) is 3.37. The molecule has 0 bridgehead atoms. The molecule has 2 rings (SSSR count). The number of hydrogen-bond donors (Lipinski definition) is 2. The predicted octanol–water partition coefficient (Wildman–Crippen LogP) is 3.51. The first-order valence-corrected chi connectivity index (χ1v) is 8.46. The van der Waals surface area contributed by atoms with Crippen molar-refractivity contribution in [1.29, 1.82) is 5.26 Å². The maximum Gasteiger partial charge on any atom is 0.326 e. The zero-order valence-corrected chi connectivity index (χ0v) is 15.5. The summed E-state index contributed by atoms with van der Waals surface area (Å²) in [6.07, 6.45) is 0.127. The number of amides is 1. The molecule has 5 nitrogen and oxygen atoms in total. The van der Waals surface area contributed by atoms with Crippen molar-refractivity contribution in [3.63, 3.8) is 0 Å². The Bertz CT molecular complexity index is 793. The standard InChI is InChI=1S/C17H12Br2N2O3/c18-13-6-12(7-14(19)8-13)16(22)21-15(17(23)24)5-10-1-3-11(9-20)4-2-10/h1-4,6-8,15H,5H2,(H,21,22)(H,23,24)/t15-/m1/s1. The van der Waals surface area contributed by atoms with Crippen LogP contribution in [-0.4, -0.2) is 23.0 Å². The highest BCUT2D eigenvalue weighted by molar-refractivity contribution is 9.11. The number of nitriles is 1. The van der Waals surface area contributed by atoms with Crippen molar-refractivity contribution >= 4 is 43.7 Å². The van der Waals surface area contributed by atoms with Gasteiger partial charge in [-0.05, 0) is 35.9 Å². The van der Waals surface area contributed by atoms with Gasteiger partial charge in [0.1, 0.15) is 6.04 Å². The topological polar surface area (TPSA) is 90.2 Å². The zero-order chi connectivity index (χ0) is 17.7. The molecule has 2 aromatic rings. The van der Waals surface area contributed by atoms with E-state index in [1.807, 2.05) is 6.07 Å². The van der Waals surface area contributed by atoms with Gasteiger partial charge >= 0.3 is 5.97 Å². The molecule has 0 aliphatic carbocycles. The van der Waals surface area contributed by atoms with Crippen LogP contribution in [0.4, 0.5) is 0 Å². The lowest BCUT2D eigenvalue weighted by Crippen LogP contribution is -2.42. The molecule has 2 aromatic carbocycles. The molecule has 0 radical (unpaired) electrons. The van der Waals surface area contributed by atoms with Gasteiger partial charge in [0.2, 0.25) is 0 Å². The van der Waals surface area contributed by atoms with Crippen LogP contribution in [0.1, 0.15) is 21.5 Å². The number of carbonyl (C=O) groups is 2. The average Bonchev–Trinajstić information content (AvgIpc) is 2.53. The molecular formula is C17H12Br2N2O3. The molecule has 24 heavy (non-hydrogen) atoms. The molecule has 0 aliphatic rings. The first-order chi connectivity index (χ1) is 11.4. The molecule has 0 unspecified atom stereocenters. The smallest absolute Gasteiger partial charge is 0.326 e. The van der Waals surface area contributed by atoms with Crippen LogP contribution in [0.2, 0.25) is 0 Å². The van der Waals surface area contributed by atoms with Gasteiger partial charge in [0, 0.05) is 20.9 Å². The molecule has 0 aliphatic heterocycles. The lowest BCUT2D eigenvalue weighted by atomic mass is 10.0. The van der Waals surface area contributed by atoms with Crippen LogP contribution >= 0.6 is 31.9 Å². The molecule has 0 spiro atoms. The molecule has 1 amide bonds. The van der Waals surface area contributed by atoms with Crippen LogP contribution in [0.3, 0.4) is 0 Å². The van der Waals surface area contributed by atoms with E-state index < -0.39 is 17.9 Å². The predicted molar refractivity (Wildman–Crippen MR) is 95.6 cm³/mol. The van der Waals surface area contributed by atoms with E-state index >= 15 is 0 Å². The Hall–Kier alpha value is -2.17. The van der Waals surface area contributed by atoms with Crippen LogP contribution in [-0.2, 0) is 11.2 Å². The van der Waals surface area contributed by atoms with Crippen molar-refractivity contribution in [1.82, 2.24) is 5.32 Å². The van der Waals surface area contributed by atoms with Crippen molar-refractivity contribution < 1.29 is 14.7 Å². The van der Waals surface area contributed by atoms with E-state index in [1.54, 1.807) is 42.5 Å². The third-order valence-electron chi connectivity index (χ3n) is 3.25. The Morgan fingerprint density at radius 2 is 1.71 bits per heavy atom. The van der Waals surface area contributed by atoms with Crippen LogP contribution < -0.4 is 5.32 Å². The lowest BCUT2D eigenvalue weighted by Gasteiger charge is -2.15. The van der Waals surface area contributed by atoms with Crippen LogP contribution in [0.25, 0.3) is 0 Å². The molecule has 0 saturated carbocycles. The Kier molecular flexibility index (Phi) is 6.12. The fourth-order valence-electron chi connectivity index (χ4n) is 2.08. The van der Waals surface area contributed by atoms with Gasteiger partial charge in [-0.1, -0.05) is 44.0 Å². The SMILES string of the molecule is N#Cc1ccc(C[C@@H](NC(=O)c2cc(Br)cc(Br)c2)C(=O)O)cc1. The average molecular weight is 452 g/mol. The summed E-state index contributed by atoms with van der Waals surface area (Å²) in [6.45, 7) is 0. The van der Waals surface area contributed by atoms with Gasteiger partial charge in [0.15, 0.2) is 0 Å². The number of carboxylic acid groups (broad SMARTS) is 1. The number of carboxylic acids is 1. The molecule has 0 heterocycles. The van der Waals surface area contributed by atoms with Crippen LogP contribution in [0, 0.1) is 11.3 Å². The second-order valence-corrected chi connectivity index (χ2v) is 6.87. The summed E-state index contributed by atoms with van der Waals surface area (Å²) in [5.41, 5.74) is 1.56. The summed E-state index contributed by atoms with van der Waals surface area (Å²) in [6, 6.07) is 12.5. The van der Waals surface area contributed by atoms with E-state index in [1.165, 1.54) is 0 Å². The monoisotopic (exact) mass is 450 g/mol. The van der Waals surface area contributed by atoms with Crippen molar-refractivity contribution in [2.24, 2.45) is 0 Å². The second kappa shape index (κ2) is 8.08. The maximum absolute atomic E-state index is 12.3. The van der Waals surface area contributed by atoms with Crippen molar-refractivity contribution in [2.45, 2.75) is 12.5 Å². The van der Waals surface area contributed by atoms with Gasteiger partial charge in [-0.3, -0.25) is 4.79 Å². The van der Waals surface area contributed by atoms with Crippen LogP contribution in [0.5, 0.6) is 0 Å². The van der Waals surface area contributed by atoms with Gasteiger partial charge in [-0.25, -0.2) is 4.79 Å². The van der Waals surface area contributed by atoms with Gasteiger partial charge in [0.25, 0.3) is 5.91 Å². The highest BCUT2D eigenvalue weighted by Gasteiger charge is 2.21. The number of benzene rings is 2. The first kappa shape index (κ1) is 18.2. The van der Waals surface area contributed by atoms with E-state index in [2.05, 4.69) is 37.2 Å². The zero-order valence-electron chi connectivity index (χ0n) is 12.3. The Balaban J connectivity index is 2.14. The highest BCUT2D eigenvalue weighted by Crippen LogP contribution is 2.20. The summed E-state index contributed by atoms with van der Waals surface area (Å²) in [5, 5.41) is 20.7. The summed E-state index contributed by atoms with van der Waals surface area (Å²) in [7, 11) is 0. The Morgan fingerprint density at radius 1 is 1.12 bits per heavy atom. The maximum atomic E-state index is 12.3. The van der Waals surface area contributed by atoms with E-state index in [-0.39, 0.29) is 6.42 Å².